The minimum Gasteiger partial charge on any atom is -0.394 e. The molecular formula is C15H26O13. The van der Waals surface area contributed by atoms with Gasteiger partial charge in [0.15, 0.2) is 18.9 Å². The lowest BCUT2D eigenvalue weighted by molar-refractivity contribution is -0.215. The third kappa shape index (κ3) is 4.32. The van der Waals surface area contributed by atoms with Crippen molar-refractivity contribution in [3.63, 3.8) is 0 Å². The molecule has 12 atom stereocenters. The fourth-order valence-electron chi connectivity index (χ4n) is 3.24. The number of ether oxygens (including phenoxy) is 5. The summed E-state index contributed by atoms with van der Waals surface area (Å²) in [6.07, 6.45) is -15.8. The van der Waals surface area contributed by atoms with E-state index in [0.717, 1.165) is 0 Å². The van der Waals surface area contributed by atoms with Crippen molar-refractivity contribution in [1.82, 2.24) is 0 Å². The van der Waals surface area contributed by atoms with Crippen molar-refractivity contribution in [2.45, 2.75) is 73.8 Å². The third-order valence-corrected chi connectivity index (χ3v) is 5.00. The summed E-state index contributed by atoms with van der Waals surface area (Å²) in [5.41, 5.74) is 0. The quantitative estimate of drug-likeness (QED) is 0.196. The molecular weight excluding hydrogens is 388 g/mol. The number of aliphatic hydroxyl groups is 8. The van der Waals surface area contributed by atoms with Gasteiger partial charge in [-0.1, -0.05) is 0 Å². The summed E-state index contributed by atoms with van der Waals surface area (Å²) in [5.74, 6) is 0. The van der Waals surface area contributed by atoms with Crippen LogP contribution in [0.3, 0.4) is 0 Å². The minimum absolute atomic E-state index is 0.329. The second-order valence-electron chi connectivity index (χ2n) is 6.94. The van der Waals surface area contributed by atoms with E-state index in [1.807, 2.05) is 0 Å². The van der Waals surface area contributed by atoms with Crippen LogP contribution in [0.15, 0.2) is 0 Å². The van der Waals surface area contributed by atoms with Gasteiger partial charge in [0.05, 0.1) is 19.8 Å². The summed E-state index contributed by atoms with van der Waals surface area (Å²) in [4.78, 5) is 0. The summed E-state index contributed by atoms with van der Waals surface area (Å²) in [7, 11) is 0. The molecule has 13 nitrogen and oxygen atoms in total. The Kier molecular flexibility index (Phi) is 7.20. The van der Waals surface area contributed by atoms with Crippen LogP contribution in [0.1, 0.15) is 0 Å². The maximum absolute atomic E-state index is 10.1. The number of aliphatic hydroxyl groups excluding tert-OH is 8. The largest absolute Gasteiger partial charge is 0.394 e. The van der Waals surface area contributed by atoms with E-state index < -0.39 is 80.4 Å². The first-order valence-electron chi connectivity index (χ1n) is 8.81. The average Bonchev–Trinajstić information content (AvgIpc) is 3.21. The normalized spacial score (nSPS) is 51.9. The van der Waals surface area contributed by atoms with Crippen molar-refractivity contribution in [1.29, 1.82) is 0 Å². The predicted octanol–water partition coefficient (Wildman–Crippen LogP) is -5.66. The van der Waals surface area contributed by atoms with Crippen LogP contribution in [0.5, 0.6) is 0 Å². The van der Waals surface area contributed by atoms with Crippen LogP contribution in [0, 0.1) is 0 Å². The lowest BCUT2D eigenvalue weighted by Gasteiger charge is -2.20. The molecule has 28 heavy (non-hydrogen) atoms. The summed E-state index contributed by atoms with van der Waals surface area (Å²) in [5, 5.41) is 77.1. The van der Waals surface area contributed by atoms with E-state index in [2.05, 4.69) is 0 Å². The molecule has 0 unspecified atom stereocenters. The van der Waals surface area contributed by atoms with Crippen LogP contribution < -0.4 is 0 Å². The van der Waals surface area contributed by atoms with Gasteiger partial charge >= 0.3 is 0 Å². The molecule has 3 rings (SSSR count). The molecule has 13 heteroatoms. The topological polar surface area (TPSA) is 208 Å². The summed E-state index contributed by atoms with van der Waals surface area (Å²) in [6, 6.07) is 0. The zero-order valence-corrected chi connectivity index (χ0v) is 14.7. The van der Waals surface area contributed by atoms with E-state index in [1.54, 1.807) is 0 Å². The smallest absolute Gasteiger partial charge is 0.186 e. The van der Waals surface area contributed by atoms with Crippen LogP contribution in [0.25, 0.3) is 0 Å². The molecule has 8 N–H and O–H groups in total. The van der Waals surface area contributed by atoms with Crippen molar-refractivity contribution >= 4 is 0 Å². The molecule has 3 saturated heterocycles. The van der Waals surface area contributed by atoms with Gasteiger partial charge in [-0.15, -0.1) is 0 Å². The summed E-state index contributed by atoms with van der Waals surface area (Å²) >= 11 is 0. The van der Waals surface area contributed by atoms with E-state index in [1.165, 1.54) is 0 Å². The zero-order valence-electron chi connectivity index (χ0n) is 14.7. The lowest BCUT2D eigenvalue weighted by atomic mass is 10.1. The van der Waals surface area contributed by atoms with Gasteiger partial charge in [0.2, 0.25) is 0 Å². The first-order chi connectivity index (χ1) is 13.2. The van der Waals surface area contributed by atoms with Crippen LogP contribution in [0.2, 0.25) is 0 Å². The molecule has 3 aliphatic rings. The molecule has 0 bridgehead atoms. The molecule has 0 aliphatic carbocycles. The highest BCUT2D eigenvalue weighted by molar-refractivity contribution is 4.90. The second kappa shape index (κ2) is 9.09. The molecule has 0 saturated carbocycles. The van der Waals surface area contributed by atoms with Gasteiger partial charge in [-0.05, 0) is 0 Å². The highest BCUT2D eigenvalue weighted by Gasteiger charge is 2.48. The van der Waals surface area contributed by atoms with E-state index >= 15 is 0 Å². The first-order valence-corrected chi connectivity index (χ1v) is 8.81. The molecule has 3 heterocycles. The standard InChI is InChI=1S/C15H26O13/c16-1-4-7(17)11(21)14(27-4)25-3-6-9(19)12(22)15(28-6)24-2-5-8(18)10(20)13(23)26-5/h4-23H,1-3H2/t4-,5-,6-,7-,8-,9-,10-,11-,12-,13-,14+,15+/m1/s1. The van der Waals surface area contributed by atoms with E-state index in [4.69, 9.17) is 28.8 Å². The number of hydrogen-bond donors (Lipinski definition) is 8. The predicted molar refractivity (Wildman–Crippen MR) is 83.2 cm³/mol. The number of rotatable bonds is 7. The van der Waals surface area contributed by atoms with Gasteiger partial charge < -0.3 is 64.5 Å². The Labute approximate surface area is 159 Å². The molecule has 0 aromatic carbocycles. The van der Waals surface area contributed by atoms with Gasteiger partial charge in [-0.3, -0.25) is 0 Å². The third-order valence-electron chi connectivity index (χ3n) is 5.00. The highest BCUT2D eigenvalue weighted by atomic mass is 16.7. The SMILES string of the molecule is OC[C@H]1O[C@H](OC[C@H]2O[C@H](OC[C@H]3O[C@@H](O)[C@H](O)[C@@H]3O)[C@H](O)[C@@H]2O)[C@H](O)[C@@H]1O. The molecule has 164 valence electrons. The molecule has 0 spiro atoms. The fraction of sp³-hybridized carbons (Fsp3) is 1.00. The Hall–Kier alpha value is -0.520. The summed E-state index contributed by atoms with van der Waals surface area (Å²) in [6.45, 7) is -1.19. The summed E-state index contributed by atoms with van der Waals surface area (Å²) < 4.78 is 25.9. The maximum atomic E-state index is 10.1. The van der Waals surface area contributed by atoms with Gasteiger partial charge in [0, 0.05) is 0 Å². The van der Waals surface area contributed by atoms with Crippen molar-refractivity contribution in [2.24, 2.45) is 0 Å². The van der Waals surface area contributed by atoms with Crippen molar-refractivity contribution in [3.8, 4) is 0 Å². The van der Waals surface area contributed by atoms with E-state index in [0.29, 0.717) is 0 Å². The zero-order chi connectivity index (χ0) is 20.6. The Bertz CT molecular complexity index is 508. The van der Waals surface area contributed by atoms with Gasteiger partial charge in [-0.25, -0.2) is 0 Å². The van der Waals surface area contributed by atoms with Crippen molar-refractivity contribution in [3.05, 3.63) is 0 Å². The highest BCUT2D eigenvalue weighted by Crippen LogP contribution is 2.27. The maximum Gasteiger partial charge on any atom is 0.186 e. The Morgan fingerprint density at radius 1 is 0.536 bits per heavy atom. The van der Waals surface area contributed by atoms with E-state index in [9.17, 15) is 35.7 Å². The molecule has 0 amide bonds. The Balaban J connectivity index is 1.46. The number of hydrogen-bond acceptors (Lipinski definition) is 13. The first kappa shape index (κ1) is 22.2. The van der Waals surface area contributed by atoms with Crippen molar-refractivity contribution < 1.29 is 64.5 Å². The Morgan fingerprint density at radius 3 is 1.39 bits per heavy atom. The molecule has 3 aliphatic heterocycles. The van der Waals surface area contributed by atoms with Crippen LogP contribution >= 0.6 is 0 Å². The van der Waals surface area contributed by atoms with Gasteiger partial charge in [-0.2, -0.15) is 0 Å². The lowest BCUT2D eigenvalue weighted by Crippen LogP contribution is -2.39. The Morgan fingerprint density at radius 2 is 0.964 bits per heavy atom. The monoisotopic (exact) mass is 414 g/mol. The van der Waals surface area contributed by atoms with Crippen LogP contribution in [-0.2, 0) is 23.7 Å². The van der Waals surface area contributed by atoms with Crippen LogP contribution in [-0.4, -0.2) is 134 Å². The average molecular weight is 414 g/mol. The molecule has 0 radical (unpaired) electrons. The molecule has 0 aromatic heterocycles. The van der Waals surface area contributed by atoms with Gasteiger partial charge in [0.1, 0.15) is 54.9 Å². The van der Waals surface area contributed by atoms with Gasteiger partial charge in [0.25, 0.3) is 0 Å². The molecule has 0 aromatic rings. The molecule has 3 fully saturated rings. The second-order valence-corrected chi connectivity index (χ2v) is 6.94. The van der Waals surface area contributed by atoms with Crippen molar-refractivity contribution in [2.75, 3.05) is 19.8 Å². The minimum atomic E-state index is -1.57. The van der Waals surface area contributed by atoms with E-state index in [-0.39, 0.29) is 13.2 Å². The fourth-order valence-corrected chi connectivity index (χ4v) is 3.24. The van der Waals surface area contributed by atoms with Crippen LogP contribution in [0.4, 0.5) is 0 Å².